The van der Waals surface area contributed by atoms with E-state index in [1.54, 1.807) is 11.3 Å². The lowest BCUT2D eigenvalue weighted by molar-refractivity contribution is 0.219. The highest BCUT2D eigenvalue weighted by Gasteiger charge is 2.28. The van der Waals surface area contributed by atoms with E-state index in [1.807, 2.05) is 4.57 Å². The lowest BCUT2D eigenvalue weighted by atomic mass is 10.0. The zero-order chi connectivity index (χ0) is 18.5. The van der Waals surface area contributed by atoms with E-state index in [1.165, 1.54) is 22.4 Å². The molecule has 0 spiro atoms. The van der Waals surface area contributed by atoms with Gasteiger partial charge in [-0.05, 0) is 70.8 Å². The molecule has 0 amide bonds. The maximum absolute atomic E-state index is 13.7. The molecule has 1 fully saturated rings. The molecule has 1 aromatic carbocycles. The summed E-state index contributed by atoms with van der Waals surface area (Å²) in [6.07, 6.45) is 5.32. The quantitative estimate of drug-likeness (QED) is 0.670. The van der Waals surface area contributed by atoms with E-state index in [-0.39, 0.29) is 11.6 Å². The average Bonchev–Trinajstić information content (AvgIpc) is 3.23. The van der Waals surface area contributed by atoms with E-state index in [9.17, 15) is 4.79 Å². The molecule has 0 unspecified atom stereocenters. The Balaban J connectivity index is 1.77. The van der Waals surface area contributed by atoms with Gasteiger partial charge in [-0.2, -0.15) is 0 Å². The molecule has 3 heterocycles. The second kappa shape index (κ2) is 6.57. The van der Waals surface area contributed by atoms with Crippen molar-refractivity contribution in [2.75, 3.05) is 20.1 Å². The molecule has 0 bridgehead atoms. The highest BCUT2D eigenvalue weighted by Crippen LogP contribution is 2.37. The van der Waals surface area contributed by atoms with Crippen molar-refractivity contribution in [2.24, 2.45) is 0 Å². The number of thiophene rings is 1. The van der Waals surface area contributed by atoms with Crippen LogP contribution in [0, 0.1) is 6.92 Å². The first-order chi connectivity index (χ1) is 13.1. The summed E-state index contributed by atoms with van der Waals surface area (Å²) in [6, 6.07) is 8.64. The molecule has 0 N–H and O–H groups in total. The molecule has 27 heavy (non-hydrogen) atoms. The Kier molecular flexibility index (Phi) is 4.17. The molecular weight excluding hydrogens is 354 g/mol. The van der Waals surface area contributed by atoms with Crippen LogP contribution in [0.3, 0.4) is 0 Å². The molecule has 5 heteroatoms. The molecule has 140 valence electrons. The molecule has 2 aromatic heterocycles. The minimum Gasteiger partial charge on any atom is -0.306 e. The third kappa shape index (κ3) is 2.84. The number of fused-ring (bicyclic) bond motifs is 3. The van der Waals surface area contributed by atoms with Crippen LogP contribution in [0.4, 0.5) is 0 Å². The first kappa shape index (κ1) is 17.1. The molecule has 1 aliphatic carbocycles. The second-order valence-corrected chi connectivity index (χ2v) is 9.14. The summed E-state index contributed by atoms with van der Waals surface area (Å²) in [6.45, 7) is 4.16. The summed E-state index contributed by atoms with van der Waals surface area (Å²) in [7, 11) is 2.16. The van der Waals surface area contributed by atoms with E-state index in [2.05, 4.69) is 43.1 Å². The normalized spacial score (nSPS) is 18.3. The zero-order valence-corrected chi connectivity index (χ0v) is 16.8. The van der Waals surface area contributed by atoms with E-state index >= 15 is 0 Å². The molecule has 2 aliphatic rings. The number of hydrogen-bond acceptors (Lipinski definition) is 4. The first-order valence-corrected chi connectivity index (χ1v) is 10.8. The molecular formula is C22H25N3OS. The second-order valence-electron chi connectivity index (χ2n) is 8.05. The zero-order valence-electron chi connectivity index (χ0n) is 16.0. The Morgan fingerprint density at radius 1 is 1.19 bits per heavy atom. The lowest BCUT2D eigenvalue weighted by Gasteiger charge is -2.31. The average molecular weight is 380 g/mol. The van der Waals surface area contributed by atoms with Gasteiger partial charge < -0.3 is 4.90 Å². The third-order valence-electron chi connectivity index (χ3n) is 6.10. The topological polar surface area (TPSA) is 38.1 Å². The SMILES string of the molecule is Cc1cccc(-c2nc3sc4c(c3c(=O)n2C2CCN(C)CC2)CCC4)c1. The molecule has 5 rings (SSSR count). The largest absolute Gasteiger partial charge is 0.306 e. The van der Waals surface area contributed by atoms with Gasteiger partial charge in [0.1, 0.15) is 10.7 Å². The van der Waals surface area contributed by atoms with Crippen LogP contribution in [0.25, 0.3) is 21.6 Å². The summed E-state index contributed by atoms with van der Waals surface area (Å²) >= 11 is 1.74. The van der Waals surface area contributed by atoms with Gasteiger partial charge in [-0.1, -0.05) is 23.8 Å². The van der Waals surface area contributed by atoms with Crippen LogP contribution in [0.15, 0.2) is 29.1 Å². The van der Waals surface area contributed by atoms with Crippen molar-refractivity contribution in [3.05, 3.63) is 50.6 Å². The molecule has 1 aliphatic heterocycles. The van der Waals surface area contributed by atoms with Crippen molar-refractivity contribution in [1.82, 2.24) is 14.5 Å². The van der Waals surface area contributed by atoms with Gasteiger partial charge in [0.25, 0.3) is 5.56 Å². The number of rotatable bonds is 2. The highest BCUT2D eigenvalue weighted by atomic mass is 32.1. The number of piperidine rings is 1. The van der Waals surface area contributed by atoms with E-state index in [4.69, 9.17) is 4.98 Å². The van der Waals surface area contributed by atoms with Crippen molar-refractivity contribution < 1.29 is 0 Å². The van der Waals surface area contributed by atoms with Gasteiger partial charge in [-0.15, -0.1) is 11.3 Å². The molecule has 0 radical (unpaired) electrons. The molecule has 0 saturated carbocycles. The van der Waals surface area contributed by atoms with E-state index in [0.717, 1.165) is 60.4 Å². The van der Waals surface area contributed by atoms with Crippen LogP contribution in [-0.4, -0.2) is 34.6 Å². The molecule has 1 saturated heterocycles. The fraction of sp³-hybridized carbons (Fsp3) is 0.455. The summed E-state index contributed by atoms with van der Waals surface area (Å²) in [5.74, 6) is 0.852. The van der Waals surface area contributed by atoms with Crippen LogP contribution < -0.4 is 5.56 Å². The van der Waals surface area contributed by atoms with Gasteiger partial charge in [0, 0.05) is 16.5 Å². The van der Waals surface area contributed by atoms with Gasteiger partial charge in [0.2, 0.25) is 0 Å². The van der Waals surface area contributed by atoms with Crippen LogP contribution in [0.5, 0.6) is 0 Å². The van der Waals surface area contributed by atoms with Crippen molar-refractivity contribution in [3.8, 4) is 11.4 Å². The Bertz CT molecular complexity index is 1070. The van der Waals surface area contributed by atoms with Crippen LogP contribution in [0.2, 0.25) is 0 Å². The third-order valence-corrected chi connectivity index (χ3v) is 7.29. The Morgan fingerprint density at radius 3 is 2.78 bits per heavy atom. The Labute approximate surface area is 163 Å². The first-order valence-electron chi connectivity index (χ1n) is 9.94. The van der Waals surface area contributed by atoms with E-state index < -0.39 is 0 Å². The van der Waals surface area contributed by atoms with Crippen molar-refractivity contribution in [1.29, 1.82) is 0 Å². The van der Waals surface area contributed by atoms with Gasteiger partial charge in [-0.3, -0.25) is 9.36 Å². The summed E-state index contributed by atoms with van der Waals surface area (Å²) in [4.78, 5) is 23.5. The highest BCUT2D eigenvalue weighted by molar-refractivity contribution is 7.18. The fourth-order valence-electron chi connectivity index (χ4n) is 4.64. The Hall–Kier alpha value is -1.98. The van der Waals surface area contributed by atoms with Crippen molar-refractivity contribution >= 4 is 21.6 Å². The summed E-state index contributed by atoms with van der Waals surface area (Å²) in [5, 5.41) is 0.905. The Morgan fingerprint density at radius 2 is 2.00 bits per heavy atom. The number of hydrogen-bond donors (Lipinski definition) is 0. The predicted molar refractivity (Wildman–Crippen MR) is 112 cm³/mol. The summed E-state index contributed by atoms with van der Waals surface area (Å²) < 4.78 is 2.04. The standard InChI is InChI=1S/C22H25N3OS/c1-14-5-3-6-15(13-14)20-23-21-19(17-7-4-8-18(17)27-21)22(26)25(20)16-9-11-24(2)12-10-16/h3,5-6,13,16H,4,7-12H2,1-2H3. The maximum Gasteiger partial charge on any atom is 0.263 e. The number of benzene rings is 1. The van der Waals surface area contributed by atoms with Crippen LogP contribution in [0.1, 0.15) is 41.3 Å². The molecule has 4 nitrogen and oxygen atoms in total. The molecule has 3 aromatic rings. The lowest BCUT2D eigenvalue weighted by Crippen LogP contribution is -2.36. The molecule has 0 atom stereocenters. The maximum atomic E-state index is 13.7. The van der Waals surface area contributed by atoms with Gasteiger partial charge in [0.05, 0.1) is 5.39 Å². The van der Waals surface area contributed by atoms with Crippen LogP contribution >= 0.6 is 11.3 Å². The fourth-order valence-corrected chi connectivity index (χ4v) is 5.89. The van der Waals surface area contributed by atoms with Crippen LogP contribution in [-0.2, 0) is 12.8 Å². The van der Waals surface area contributed by atoms with E-state index in [0.29, 0.717) is 0 Å². The monoisotopic (exact) mass is 379 g/mol. The van der Waals surface area contributed by atoms with Crippen molar-refractivity contribution in [2.45, 2.75) is 45.1 Å². The van der Waals surface area contributed by atoms with Gasteiger partial charge >= 0.3 is 0 Å². The van der Waals surface area contributed by atoms with Gasteiger partial charge in [0.15, 0.2) is 0 Å². The number of nitrogens with zero attached hydrogens (tertiary/aromatic N) is 3. The minimum absolute atomic E-state index is 0.186. The number of aromatic nitrogens is 2. The smallest absolute Gasteiger partial charge is 0.263 e. The van der Waals surface area contributed by atoms with Crippen molar-refractivity contribution in [3.63, 3.8) is 0 Å². The number of aryl methyl sites for hydroxylation is 3. The van der Waals surface area contributed by atoms with Gasteiger partial charge in [-0.25, -0.2) is 4.98 Å². The number of likely N-dealkylation sites (tertiary alicyclic amines) is 1. The minimum atomic E-state index is 0.186. The predicted octanol–water partition coefficient (Wildman–Crippen LogP) is 4.19. The summed E-state index contributed by atoms with van der Waals surface area (Å²) in [5.41, 5.74) is 3.72.